The van der Waals surface area contributed by atoms with Crippen LogP contribution in [0.4, 0.5) is 0 Å². The van der Waals surface area contributed by atoms with E-state index in [-0.39, 0.29) is 18.3 Å². The molecule has 4 N–H and O–H groups in total. The quantitative estimate of drug-likeness (QED) is 0.305. The third-order valence-electron chi connectivity index (χ3n) is 2.20. The highest BCUT2D eigenvalue weighted by Crippen LogP contribution is 2.10. The molecule has 16 heavy (non-hydrogen) atoms. The molecular weight excluding hydrogens is 206 g/mol. The van der Waals surface area contributed by atoms with E-state index in [1.165, 1.54) is 0 Å². The summed E-state index contributed by atoms with van der Waals surface area (Å²) < 4.78 is 0. The van der Waals surface area contributed by atoms with E-state index in [1.807, 2.05) is 26.0 Å². The van der Waals surface area contributed by atoms with Gasteiger partial charge in [0.2, 0.25) is 0 Å². The molecule has 0 saturated carbocycles. The van der Waals surface area contributed by atoms with Crippen molar-refractivity contribution in [2.45, 2.75) is 13.8 Å². The largest absolute Gasteiger partial charge is 0.409 e. The molecule has 0 bridgehead atoms. The predicted molar refractivity (Wildman–Crippen MR) is 61.7 cm³/mol. The number of carbonyl (C=O) groups excluding carboxylic acids is 1. The monoisotopic (exact) mass is 221 g/mol. The lowest BCUT2D eigenvalue weighted by molar-refractivity contribution is 0.0958. The van der Waals surface area contributed by atoms with Crippen LogP contribution in [-0.4, -0.2) is 23.5 Å². The molecule has 1 rings (SSSR count). The first-order chi connectivity index (χ1) is 7.54. The van der Waals surface area contributed by atoms with Gasteiger partial charge in [-0.1, -0.05) is 22.9 Å². The maximum absolute atomic E-state index is 11.7. The minimum absolute atomic E-state index is 0.0290. The second kappa shape index (κ2) is 5.16. The highest BCUT2D eigenvalue weighted by Gasteiger charge is 2.08. The molecule has 0 unspecified atom stereocenters. The van der Waals surface area contributed by atoms with Gasteiger partial charge in [-0.2, -0.15) is 0 Å². The van der Waals surface area contributed by atoms with Gasteiger partial charge in [0, 0.05) is 5.56 Å². The van der Waals surface area contributed by atoms with Crippen molar-refractivity contribution >= 4 is 11.7 Å². The van der Waals surface area contributed by atoms with Crippen LogP contribution in [0.3, 0.4) is 0 Å². The molecule has 0 saturated heterocycles. The molecule has 0 spiro atoms. The summed E-state index contributed by atoms with van der Waals surface area (Å²) in [6.45, 7) is 3.81. The zero-order valence-corrected chi connectivity index (χ0v) is 9.32. The van der Waals surface area contributed by atoms with E-state index in [9.17, 15) is 4.79 Å². The molecule has 0 heterocycles. The van der Waals surface area contributed by atoms with Gasteiger partial charge in [-0.15, -0.1) is 0 Å². The Hall–Kier alpha value is -2.04. The van der Waals surface area contributed by atoms with Crippen LogP contribution in [0.15, 0.2) is 23.4 Å². The van der Waals surface area contributed by atoms with E-state index >= 15 is 0 Å². The van der Waals surface area contributed by atoms with Gasteiger partial charge in [-0.05, 0) is 25.5 Å². The lowest BCUT2D eigenvalue weighted by atomic mass is 10.1. The fourth-order valence-corrected chi connectivity index (χ4v) is 1.28. The summed E-state index contributed by atoms with van der Waals surface area (Å²) in [5, 5.41) is 13.7. The SMILES string of the molecule is Cc1ccc(C)c(C(=O)NC/C(N)=N/O)c1. The molecule has 1 aromatic carbocycles. The smallest absolute Gasteiger partial charge is 0.251 e. The van der Waals surface area contributed by atoms with E-state index in [4.69, 9.17) is 10.9 Å². The van der Waals surface area contributed by atoms with Gasteiger partial charge in [0.1, 0.15) is 0 Å². The first kappa shape index (κ1) is 12.0. The molecule has 0 aromatic heterocycles. The number of amidine groups is 1. The maximum atomic E-state index is 11.7. The molecule has 0 fully saturated rings. The van der Waals surface area contributed by atoms with Crippen LogP contribution in [0.2, 0.25) is 0 Å². The fraction of sp³-hybridized carbons (Fsp3) is 0.273. The van der Waals surface area contributed by atoms with Crippen molar-refractivity contribution in [1.29, 1.82) is 0 Å². The molecule has 1 aromatic rings. The number of nitrogens with two attached hydrogens (primary N) is 1. The number of benzene rings is 1. The summed E-state index contributed by atoms with van der Waals surface area (Å²) in [5.74, 6) is -0.258. The van der Waals surface area contributed by atoms with E-state index in [0.717, 1.165) is 11.1 Å². The summed E-state index contributed by atoms with van der Waals surface area (Å²) in [5.41, 5.74) is 7.76. The molecule has 0 atom stereocenters. The van der Waals surface area contributed by atoms with Crippen molar-refractivity contribution < 1.29 is 10.0 Å². The van der Waals surface area contributed by atoms with Crippen molar-refractivity contribution in [2.24, 2.45) is 10.9 Å². The first-order valence-electron chi connectivity index (χ1n) is 4.86. The molecule has 0 aliphatic heterocycles. The van der Waals surface area contributed by atoms with E-state index < -0.39 is 0 Å². The number of rotatable bonds is 3. The van der Waals surface area contributed by atoms with Gasteiger partial charge in [-0.25, -0.2) is 0 Å². The first-order valence-corrected chi connectivity index (χ1v) is 4.86. The van der Waals surface area contributed by atoms with Crippen molar-refractivity contribution in [2.75, 3.05) is 6.54 Å². The lowest BCUT2D eigenvalue weighted by Gasteiger charge is -2.07. The Morgan fingerprint density at radius 1 is 1.50 bits per heavy atom. The van der Waals surface area contributed by atoms with Crippen LogP contribution < -0.4 is 11.1 Å². The molecule has 0 aliphatic carbocycles. The Bertz CT molecular complexity index is 427. The average Bonchev–Trinajstić information content (AvgIpc) is 2.28. The summed E-state index contributed by atoms with van der Waals surface area (Å²) in [6.07, 6.45) is 0. The van der Waals surface area contributed by atoms with Crippen molar-refractivity contribution in [3.05, 3.63) is 34.9 Å². The second-order valence-corrected chi connectivity index (χ2v) is 3.59. The van der Waals surface area contributed by atoms with Crippen LogP contribution in [0.25, 0.3) is 0 Å². The number of nitrogens with one attached hydrogen (secondary N) is 1. The van der Waals surface area contributed by atoms with Crippen LogP contribution in [0.1, 0.15) is 21.5 Å². The van der Waals surface area contributed by atoms with E-state index in [2.05, 4.69) is 10.5 Å². The minimum atomic E-state index is -0.229. The summed E-state index contributed by atoms with van der Waals surface area (Å²) in [7, 11) is 0. The number of nitrogens with zero attached hydrogens (tertiary/aromatic N) is 1. The minimum Gasteiger partial charge on any atom is -0.409 e. The topological polar surface area (TPSA) is 87.7 Å². The highest BCUT2D eigenvalue weighted by molar-refractivity contribution is 5.98. The highest BCUT2D eigenvalue weighted by atomic mass is 16.4. The Kier molecular flexibility index (Phi) is 3.88. The van der Waals surface area contributed by atoms with Crippen LogP contribution in [0.5, 0.6) is 0 Å². The molecule has 86 valence electrons. The van der Waals surface area contributed by atoms with Crippen molar-refractivity contribution in [3.63, 3.8) is 0 Å². The van der Waals surface area contributed by atoms with Gasteiger partial charge >= 0.3 is 0 Å². The number of carbonyl (C=O) groups is 1. The number of hydrogen-bond acceptors (Lipinski definition) is 3. The van der Waals surface area contributed by atoms with Crippen LogP contribution in [0, 0.1) is 13.8 Å². The summed E-state index contributed by atoms with van der Waals surface area (Å²) >= 11 is 0. The van der Waals surface area contributed by atoms with Gasteiger partial charge in [-0.3, -0.25) is 4.79 Å². The normalized spacial score (nSPS) is 11.2. The Morgan fingerprint density at radius 2 is 2.19 bits per heavy atom. The van der Waals surface area contributed by atoms with E-state index in [1.54, 1.807) is 6.07 Å². The van der Waals surface area contributed by atoms with E-state index in [0.29, 0.717) is 5.56 Å². The van der Waals surface area contributed by atoms with Gasteiger partial charge in [0.05, 0.1) is 6.54 Å². The molecule has 0 radical (unpaired) electrons. The summed E-state index contributed by atoms with van der Waals surface area (Å²) in [6, 6.07) is 5.63. The zero-order valence-electron chi connectivity index (χ0n) is 9.32. The third-order valence-corrected chi connectivity index (χ3v) is 2.20. The number of oxime groups is 1. The molecular formula is C11H15N3O2. The maximum Gasteiger partial charge on any atom is 0.251 e. The average molecular weight is 221 g/mol. The Labute approximate surface area is 94.0 Å². The fourth-order valence-electron chi connectivity index (χ4n) is 1.28. The summed E-state index contributed by atoms with van der Waals surface area (Å²) in [4.78, 5) is 11.7. The standard InChI is InChI=1S/C11H15N3O2/c1-7-3-4-8(2)9(5-7)11(15)13-6-10(12)14-16/h3-5,16H,6H2,1-2H3,(H2,12,14)(H,13,15). The number of aryl methyl sites for hydroxylation is 2. The van der Waals surface area contributed by atoms with Crippen molar-refractivity contribution in [1.82, 2.24) is 5.32 Å². The molecule has 5 heteroatoms. The van der Waals surface area contributed by atoms with Gasteiger partial charge < -0.3 is 16.3 Å². The molecule has 0 aliphatic rings. The van der Waals surface area contributed by atoms with Gasteiger partial charge in [0.15, 0.2) is 5.84 Å². The zero-order chi connectivity index (χ0) is 12.1. The predicted octanol–water partition coefficient (Wildman–Crippen LogP) is 0.780. The van der Waals surface area contributed by atoms with Crippen molar-refractivity contribution in [3.8, 4) is 0 Å². The number of hydrogen-bond donors (Lipinski definition) is 3. The second-order valence-electron chi connectivity index (χ2n) is 3.59. The number of amides is 1. The molecule has 5 nitrogen and oxygen atoms in total. The lowest BCUT2D eigenvalue weighted by Crippen LogP contribution is -2.33. The Morgan fingerprint density at radius 3 is 2.81 bits per heavy atom. The van der Waals surface area contributed by atoms with Crippen LogP contribution in [-0.2, 0) is 0 Å². The molecule has 1 amide bonds. The van der Waals surface area contributed by atoms with Gasteiger partial charge in [0.25, 0.3) is 5.91 Å². The third kappa shape index (κ3) is 2.98. The Balaban J connectivity index is 2.77. The van der Waals surface area contributed by atoms with Crippen LogP contribution >= 0.6 is 0 Å².